The Kier molecular flexibility index (Phi) is 4.84. The van der Waals surface area contributed by atoms with Crippen LogP contribution >= 0.6 is 11.5 Å². The van der Waals surface area contributed by atoms with E-state index in [0.29, 0.717) is 0 Å². The second-order valence-corrected chi connectivity index (χ2v) is 5.12. The molecule has 4 heteroatoms. The first-order valence-electron chi connectivity index (χ1n) is 6.44. The molecule has 18 heavy (non-hydrogen) atoms. The summed E-state index contributed by atoms with van der Waals surface area (Å²) in [7, 11) is 0. The molecule has 0 aliphatic heterocycles. The molecular formula is C14H19N3S. The van der Waals surface area contributed by atoms with Crippen LogP contribution in [0, 0.1) is 0 Å². The van der Waals surface area contributed by atoms with Gasteiger partial charge in [0, 0.05) is 0 Å². The number of aryl methyl sites for hydroxylation is 1. The van der Waals surface area contributed by atoms with Gasteiger partial charge >= 0.3 is 0 Å². The fraction of sp³-hybridized carbons (Fsp3) is 0.429. The first-order chi connectivity index (χ1) is 8.85. The van der Waals surface area contributed by atoms with Crippen molar-refractivity contribution in [2.24, 2.45) is 0 Å². The third kappa shape index (κ3) is 3.15. The molecule has 0 amide bonds. The van der Waals surface area contributed by atoms with Crippen LogP contribution in [0.3, 0.4) is 0 Å². The van der Waals surface area contributed by atoms with E-state index in [9.17, 15) is 0 Å². The Morgan fingerprint density at radius 3 is 2.89 bits per heavy atom. The standard InChI is InChI=1S/C14H19N3S/c1-3-6-11-7-5-8-12(9-11)14(15-4-2)13-10-16-17-18-13/h5,7-10,14-15H,3-4,6H2,1-2H3. The van der Waals surface area contributed by atoms with E-state index in [2.05, 4.69) is 53.0 Å². The Morgan fingerprint density at radius 2 is 2.22 bits per heavy atom. The second-order valence-electron chi connectivity index (χ2n) is 4.31. The second kappa shape index (κ2) is 6.61. The lowest BCUT2D eigenvalue weighted by Gasteiger charge is -2.16. The van der Waals surface area contributed by atoms with Crippen molar-refractivity contribution in [2.45, 2.75) is 32.7 Å². The van der Waals surface area contributed by atoms with Gasteiger partial charge in [-0.1, -0.05) is 49.0 Å². The van der Waals surface area contributed by atoms with Crippen molar-refractivity contribution in [2.75, 3.05) is 6.54 Å². The van der Waals surface area contributed by atoms with Crippen LogP contribution in [0.15, 0.2) is 30.5 Å². The number of nitrogens with zero attached hydrogens (tertiary/aromatic N) is 2. The largest absolute Gasteiger partial charge is 0.306 e. The Balaban J connectivity index is 2.27. The van der Waals surface area contributed by atoms with E-state index in [-0.39, 0.29) is 6.04 Å². The Hall–Kier alpha value is -1.26. The van der Waals surface area contributed by atoms with Gasteiger partial charge in [-0.15, -0.1) is 5.10 Å². The van der Waals surface area contributed by atoms with Gasteiger partial charge in [-0.25, -0.2) is 0 Å². The molecule has 2 aromatic rings. The maximum absolute atomic E-state index is 3.96. The zero-order valence-electron chi connectivity index (χ0n) is 10.9. The number of benzene rings is 1. The minimum Gasteiger partial charge on any atom is -0.306 e. The van der Waals surface area contributed by atoms with Crippen molar-refractivity contribution < 1.29 is 0 Å². The predicted molar refractivity (Wildman–Crippen MR) is 75.9 cm³/mol. The third-order valence-electron chi connectivity index (χ3n) is 2.89. The lowest BCUT2D eigenvalue weighted by molar-refractivity contribution is 0.637. The summed E-state index contributed by atoms with van der Waals surface area (Å²) in [6, 6.07) is 9.01. The molecule has 1 unspecified atom stereocenters. The molecule has 0 aliphatic rings. The van der Waals surface area contributed by atoms with Crippen LogP contribution in [0.25, 0.3) is 0 Å². The van der Waals surface area contributed by atoms with Gasteiger partial charge < -0.3 is 5.32 Å². The molecule has 0 radical (unpaired) electrons. The Morgan fingerprint density at radius 1 is 1.33 bits per heavy atom. The van der Waals surface area contributed by atoms with Crippen LogP contribution < -0.4 is 5.32 Å². The average molecular weight is 261 g/mol. The van der Waals surface area contributed by atoms with Crippen LogP contribution in [0.1, 0.15) is 42.3 Å². The zero-order chi connectivity index (χ0) is 12.8. The van der Waals surface area contributed by atoms with Gasteiger partial charge in [-0.05, 0) is 35.6 Å². The van der Waals surface area contributed by atoms with Crippen molar-refractivity contribution >= 4 is 11.5 Å². The van der Waals surface area contributed by atoms with Gasteiger partial charge in [0.1, 0.15) is 0 Å². The molecule has 0 spiro atoms. The minimum atomic E-state index is 0.215. The SMILES string of the molecule is CCCc1cccc(C(NCC)c2cnns2)c1. The first kappa shape index (κ1) is 13.2. The number of hydrogen-bond donors (Lipinski definition) is 1. The molecule has 96 valence electrons. The van der Waals surface area contributed by atoms with Crippen LogP contribution in [0.2, 0.25) is 0 Å². The van der Waals surface area contributed by atoms with Gasteiger partial charge in [0.05, 0.1) is 17.1 Å². The summed E-state index contributed by atoms with van der Waals surface area (Å²) in [5, 5.41) is 7.44. The van der Waals surface area contributed by atoms with E-state index >= 15 is 0 Å². The molecule has 0 fully saturated rings. The van der Waals surface area contributed by atoms with E-state index in [1.165, 1.54) is 34.0 Å². The van der Waals surface area contributed by atoms with Gasteiger partial charge in [0.15, 0.2) is 0 Å². The fourth-order valence-corrected chi connectivity index (χ4v) is 2.71. The number of rotatable bonds is 6. The normalized spacial score (nSPS) is 12.6. The van der Waals surface area contributed by atoms with Crippen molar-refractivity contribution in [1.29, 1.82) is 0 Å². The molecule has 0 aliphatic carbocycles. The van der Waals surface area contributed by atoms with Crippen LogP contribution in [-0.2, 0) is 6.42 Å². The molecule has 0 saturated heterocycles. The van der Waals surface area contributed by atoms with Crippen LogP contribution in [-0.4, -0.2) is 16.1 Å². The van der Waals surface area contributed by atoms with E-state index in [1.807, 2.05) is 6.20 Å². The summed E-state index contributed by atoms with van der Waals surface area (Å²) in [4.78, 5) is 1.17. The molecule has 0 bridgehead atoms. The molecule has 1 N–H and O–H groups in total. The summed E-state index contributed by atoms with van der Waals surface area (Å²) in [5.74, 6) is 0. The summed E-state index contributed by atoms with van der Waals surface area (Å²) in [5.41, 5.74) is 2.70. The number of hydrogen-bond acceptors (Lipinski definition) is 4. The molecule has 1 aromatic heterocycles. The highest BCUT2D eigenvalue weighted by Gasteiger charge is 2.15. The molecular weight excluding hydrogens is 242 g/mol. The van der Waals surface area contributed by atoms with Gasteiger partial charge in [0.25, 0.3) is 0 Å². The minimum absolute atomic E-state index is 0.215. The van der Waals surface area contributed by atoms with Gasteiger partial charge in [-0.3, -0.25) is 0 Å². The summed E-state index contributed by atoms with van der Waals surface area (Å²) in [6.07, 6.45) is 4.16. The average Bonchev–Trinajstić information content (AvgIpc) is 2.90. The molecule has 1 heterocycles. The van der Waals surface area contributed by atoms with Crippen molar-refractivity contribution in [3.05, 3.63) is 46.5 Å². The van der Waals surface area contributed by atoms with E-state index in [1.54, 1.807) is 0 Å². The van der Waals surface area contributed by atoms with E-state index in [0.717, 1.165) is 13.0 Å². The van der Waals surface area contributed by atoms with Crippen molar-refractivity contribution in [3.8, 4) is 0 Å². The molecule has 3 nitrogen and oxygen atoms in total. The zero-order valence-corrected chi connectivity index (χ0v) is 11.7. The lowest BCUT2D eigenvalue weighted by atomic mass is 10.0. The smallest absolute Gasteiger partial charge is 0.0703 e. The Bertz CT molecular complexity index is 468. The van der Waals surface area contributed by atoms with E-state index < -0.39 is 0 Å². The van der Waals surface area contributed by atoms with Crippen molar-refractivity contribution in [3.63, 3.8) is 0 Å². The number of aromatic nitrogens is 2. The van der Waals surface area contributed by atoms with Gasteiger partial charge in [0.2, 0.25) is 0 Å². The summed E-state index contributed by atoms with van der Waals surface area (Å²) >= 11 is 1.46. The summed E-state index contributed by atoms with van der Waals surface area (Å²) in [6.45, 7) is 5.26. The highest BCUT2D eigenvalue weighted by molar-refractivity contribution is 7.05. The van der Waals surface area contributed by atoms with Crippen LogP contribution in [0.4, 0.5) is 0 Å². The topological polar surface area (TPSA) is 37.8 Å². The first-order valence-corrected chi connectivity index (χ1v) is 7.22. The van der Waals surface area contributed by atoms with Gasteiger partial charge in [-0.2, -0.15) is 0 Å². The predicted octanol–water partition coefficient (Wildman–Crippen LogP) is 3.19. The quantitative estimate of drug-likeness (QED) is 0.868. The molecule has 2 rings (SSSR count). The van der Waals surface area contributed by atoms with E-state index in [4.69, 9.17) is 0 Å². The molecule has 1 aromatic carbocycles. The lowest BCUT2D eigenvalue weighted by Crippen LogP contribution is -2.21. The third-order valence-corrected chi connectivity index (χ3v) is 3.62. The van der Waals surface area contributed by atoms with Crippen molar-refractivity contribution in [1.82, 2.24) is 14.9 Å². The maximum Gasteiger partial charge on any atom is 0.0703 e. The highest BCUT2D eigenvalue weighted by atomic mass is 32.1. The van der Waals surface area contributed by atoms with Crippen LogP contribution in [0.5, 0.6) is 0 Å². The number of nitrogens with one attached hydrogen (secondary N) is 1. The fourth-order valence-electron chi connectivity index (χ4n) is 2.11. The summed E-state index contributed by atoms with van der Waals surface area (Å²) < 4.78 is 3.96. The highest BCUT2D eigenvalue weighted by Crippen LogP contribution is 2.24. The molecule has 0 saturated carbocycles. The Labute approximate surface area is 112 Å². The maximum atomic E-state index is 3.96. The molecule has 1 atom stereocenters. The monoisotopic (exact) mass is 261 g/mol.